The molecule has 128 valence electrons. The zero-order chi connectivity index (χ0) is 16.9. The molecule has 1 heterocycles. The molecule has 1 saturated carbocycles. The van der Waals surface area contributed by atoms with Crippen LogP contribution in [0.1, 0.15) is 45.4 Å². The Labute approximate surface area is 143 Å². The van der Waals surface area contributed by atoms with Crippen molar-refractivity contribution in [1.29, 1.82) is 0 Å². The van der Waals surface area contributed by atoms with Gasteiger partial charge in [-0.3, -0.25) is 0 Å². The Bertz CT molecular complexity index is 824. The molecule has 3 heteroatoms. The summed E-state index contributed by atoms with van der Waals surface area (Å²) in [4.78, 5) is 0. The van der Waals surface area contributed by atoms with E-state index in [-0.39, 0.29) is 0 Å². The van der Waals surface area contributed by atoms with Crippen LogP contribution in [0.15, 0.2) is 28.7 Å². The van der Waals surface area contributed by atoms with Crippen LogP contribution in [0.4, 0.5) is 5.69 Å². The topological polar surface area (TPSA) is 34.4 Å². The van der Waals surface area contributed by atoms with Gasteiger partial charge in [0.15, 0.2) is 0 Å². The maximum atomic E-state index is 5.99. The first-order valence-corrected chi connectivity index (χ1v) is 8.92. The molecule has 0 atom stereocenters. The van der Waals surface area contributed by atoms with Gasteiger partial charge >= 0.3 is 0 Å². The van der Waals surface area contributed by atoms with Crippen LogP contribution in [0.25, 0.3) is 23.6 Å². The number of furan rings is 1. The molecule has 1 N–H and O–H groups in total. The summed E-state index contributed by atoms with van der Waals surface area (Å²) in [6.45, 7) is 6.15. The molecule has 0 saturated heterocycles. The summed E-state index contributed by atoms with van der Waals surface area (Å²) in [5, 5.41) is 5.59. The minimum Gasteiger partial charge on any atom is -0.495 e. The standard InChI is InChI=1S/C21H27NO2/c1-4-5-12-19-15(2)17-13-21(23-3)18(14-20(17)24-19)22-16-10-8-6-7-9-11-16/h4-5,12-14,16,22H,2,6-11H2,1,3H3/b5-4-,19-12+. The van der Waals surface area contributed by atoms with Crippen LogP contribution in [0.2, 0.25) is 0 Å². The summed E-state index contributed by atoms with van der Waals surface area (Å²) in [6, 6.07) is 4.61. The summed E-state index contributed by atoms with van der Waals surface area (Å²) in [7, 11) is 1.72. The Kier molecular flexibility index (Phi) is 5.29. The number of allylic oxidation sites excluding steroid dienone is 2. The Hall–Kier alpha value is -2.16. The minimum absolute atomic E-state index is 0.516. The Balaban J connectivity index is 1.99. The highest BCUT2D eigenvalue weighted by atomic mass is 16.5. The van der Waals surface area contributed by atoms with Crippen molar-refractivity contribution in [2.24, 2.45) is 0 Å². The first kappa shape index (κ1) is 16.7. The monoisotopic (exact) mass is 325 g/mol. The Morgan fingerprint density at radius 2 is 1.96 bits per heavy atom. The average Bonchev–Trinajstić information content (AvgIpc) is 2.77. The van der Waals surface area contributed by atoms with Gasteiger partial charge in [-0.05, 0) is 31.9 Å². The number of hydrogen-bond acceptors (Lipinski definition) is 3. The third kappa shape index (κ3) is 3.50. The molecular formula is C21H27NO2. The second-order valence-electron chi connectivity index (χ2n) is 6.52. The highest BCUT2D eigenvalue weighted by Crippen LogP contribution is 2.31. The lowest BCUT2D eigenvalue weighted by Crippen LogP contribution is -2.19. The van der Waals surface area contributed by atoms with Crippen LogP contribution in [0, 0.1) is 0 Å². The highest BCUT2D eigenvalue weighted by molar-refractivity contribution is 5.85. The number of hydrogen-bond donors (Lipinski definition) is 1. The second kappa shape index (κ2) is 7.61. The van der Waals surface area contributed by atoms with Crippen LogP contribution in [-0.4, -0.2) is 13.2 Å². The number of methoxy groups -OCH3 is 1. The van der Waals surface area contributed by atoms with E-state index in [0.29, 0.717) is 6.04 Å². The third-order valence-electron chi connectivity index (χ3n) is 4.80. The normalized spacial score (nSPS) is 17.5. The summed E-state index contributed by atoms with van der Waals surface area (Å²) in [5.41, 5.74) is 2.67. The first-order valence-electron chi connectivity index (χ1n) is 8.92. The van der Waals surface area contributed by atoms with Crippen molar-refractivity contribution in [3.63, 3.8) is 0 Å². The Morgan fingerprint density at radius 1 is 1.21 bits per heavy atom. The van der Waals surface area contributed by atoms with E-state index in [4.69, 9.17) is 9.15 Å². The van der Waals surface area contributed by atoms with Gasteiger partial charge in [0.2, 0.25) is 0 Å². The summed E-state index contributed by atoms with van der Waals surface area (Å²) >= 11 is 0. The van der Waals surface area contributed by atoms with Gasteiger partial charge < -0.3 is 14.5 Å². The SMILES string of the molecule is C=c1/c(=C\C=C/C)oc2cc(NC3CCCCCC3)c(OC)cc12. The van der Waals surface area contributed by atoms with E-state index in [1.807, 2.05) is 31.2 Å². The van der Waals surface area contributed by atoms with E-state index in [1.165, 1.54) is 38.5 Å². The molecule has 24 heavy (non-hydrogen) atoms. The van der Waals surface area contributed by atoms with Crippen molar-refractivity contribution >= 4 is 29.3 Å². The predicted octanol–water partition coefficient (Wildman–Crippen LogP) is 4.34. The first-order chi connectivity index (χ1) is 11.7. The van der Waals surface area contributed by atoms with Crippen molar-refractivity contribution in [2.45, 2.75) is 51.5 Å². The maximum absolute atomic E-state index is 5.99. The van der Waals surface area contributed by atoms with Gasteiger partial charge in [-0.2, -0.15) is 0 Å². The molecule has 3 rings (SSSR count). The number of anilines is 1. The molecule has 1 aromatic carbocycles. The molecule has 1 fully saturated rings. The number of fused-ring (bicyclic) bond motifs is 1. The van der Waals surface area contributed by atoms with Crippen LogP contribution in [0.3, 0.4) is 0 Å². The largest absolute Gasteiger partial charge is 0.495 e. The number of ether oxygens (including phenoxy) is 1. The van der Waals surface area contributed by atoms with Crippen LogP contribution < -0.4 is 20.7 Å². The van der Waals surface area contributed by atoms with E-state index in [2.05, 4.69) is 18.0 Å². The number of benzene rings is 1. The molecule has 0 aliphatic heterocycles. The van der Waals surface area contributed by atoms with Crippen molar-refractivity contribution in [2.75, 3.05) is 12.4 Å². The van der Waals surface area contributed by atoms with E-state index in [9.17, 15) is 0 Å². The van der Waals surface area contributed by atoms with E-state index in [0.717, 1.165) is 33.0 Å². The third-order valence-corrected chi connectivity index (χ3v) is 4.80. The van der Waals surface area contributed by atoms with Gasteiger partial charge in [0.05, 0.1) is 12.8 Å². The molecule has 0 radical (unpaired) electrons. The fraction of sp³-hybridized carbons (Fsp3) is 0.429. The lowest BCUT2D eigenvalue weighted by atomic mass is 10.1. The van der Waals surface area contributed by atoms with Gasteiger partial charge in [-0.1, -0.05) is 44.4 Å². The Morgan fingerprint density at radius 3 is 2.62 bits per heavy atom. The quantitative estimate of drug-likeness (QED) is 0.849. The zero-order valence-electron chi connectivity index (χ0n) is 14.7. The molecule has 0 bridgehead atoms. The second-order valence-corrected chi connectivity index (χ2v) is 6.52. The molecule has 1 aliphatic carbocycles. The average molecular weight is 325 g/mol. The molecule has 2 aromatic rings. The maximum Gasteiger partial charge on any atom is 0.142 e. The smallest absolute Gasteiger partial charge is 0.142 e. The van der Waals surface area contributed by atoms with E-state index >= 15 is 0 Å². The molecule has 0 spiro atoms. The summed E-state index contributed by atoms with van der Waals surface area (Å²) in [6.07, 6.45) is 13.6. The van der Waals surface area contributed by atoms with Crippen molar-refractivity contribution < 1.29 is 9.15 Å². The van der Waals surface area contributed by atoms with E-state index < -0.39 is 0 Å². The van der Waals surface area contributed by atoms with Crippen LogP contribution in [0.5, 0.6) is 5.75 Å². The van der Waals surface area contributed by atoms with Gasteiger partial charge in [0.25, 0.3) is 0 Å². The van der Waals surface area contributed by atoms with Crippen molar-refractivity contribution in [1.82, 2.24) is 0 Å². The fourth-order valence-corrected chi connectivity index (χ4v) is 3.44. The molecule has 0 amide bonds. The molecule has 0 unspecified atom stereocenters. The molecular weight excluding hydrogens is 298 g/mol. The molecule has 1 aromatic heterocycles. The zero-order valence-corrected chi connectivity index (χ0v) is 14.7. The number of rotatable bonds is 4. The van der Waals surface area contributed by atoms with Gasteiger partial charge in [0, 0.05) is 22.7 Å². The molecule has 1 aliphatic rings. The number of nitrogens with one attached hydrogen (secondary N) is 1. The van der Waals surface area contributed by atoms with Crippen LogP contribution >= 0.6 is 0 Å². The van der Waals surface area contributed by atoms with Gasteiger partial charge in [-0.15, -0.1) is 0 Å². The highest BCUT2D eigenvalue weighted by Gasteiger charge is 2.16. The lowest BCUT2D eigenvalue weighted by molar-refractivity contribution is 0.416. The van der Waals surface area contributed by atoms with Gasteiger partial charge in [0.1, 0.15) is 16.7 Å². The van der Waals surface area contributed by atoms with Gasteiger partial charge in [-0.25, -0.2) is 0 Å². The lowest BCUT2D eigenvalue weighted by Gasteiger charge is -2.19. The van der Waals surface area contributed by atoms with Crippen molar-refractivity contribution in [3.8, 4) is 5.75 Å². The minimum atomic E-state index is 0.516. The van der Waals surface area contributed by atoms with Crippen LogP contribution in [-0.2, 0) is 0 Å². The van der Waals surface area contributed by atoms with Crippen molar-refractivity contribution in [3.05, 3.63) is 34.9 Å². The van der Waals surface area contributed by atoms with E-state index in [1.54, 1.807) is 7.11 Å². The molecule has 3 nitrogen and oxygen atoms in total. The summed E-state index contributed by atoms with van der Waals surface area (Å²) < 4.78 is 11.6. The predicted molar refractivity (Wildman–Crippen MR) is 102 cm³/mol. The fourth-order valence-electron chi connectivity index (χ4n) is 3.44. The summed E-state index contributed by atoms with van der Waals surface area (Å²) in [5.74, 6) is 0.857.